The minimum Gasteiger partial charge on any atom is -0.494 e. The molecule has 0 heterocycles. The Hall–Kier alpha value is -4.72. The third kappa shape index (κ3) is 11.5. The van der Waals surface area contributed by atoms with Gasteiger partial charge in [0.05, 0.1) is 19.8 Å². The molecule has 0 aliphatic rings. The minimum atomic E-state index is -0.166. The molecule has 0 saturated carbocycles. The highest BCUT2D eigenvalue weighted by atomic mass is 16.5. The Bertz CT molecular complexity index is 1680. The van der Waals surface area contributed by atoms with E-state index < -0.39 is 0 Å². The molecule has 47 heavy (non-hydrogen) atoms. The summed E-state index contributed by atoms with van der Waals surface area (Å²) in [6.45, 7) is 2.70. The average Bonchev–Trinajstić information content (AvgIpc) is 3.12. The van der Waals surface area contributed by atoms with E-state index >= 15 is 0 Å². The van der Waals surface area contributed by atoms with Crippen LogP contribution >= 0.6 is 0 Å². The molecule has 0 aliphatic carbocycles. The van der Waals surface area contributed by atoms with Crippen LogP contribution in [-0.2, 0) is 13.2 Å². The highest BCUT2D eigenvalue weighted by Crippen LogP contribution is 2.30. The van der Waals surface area contributed by atoms with E-state index in [1.54, 1.807) is 12.1 Å². The predicted molar refractivity (Wildman–Crippen MR) is 194 cm³/mol. The first-order valence-corrected chi connectivity index (χ1v) is 16.9. The van der Waals surface area contributed by atoms with Crippen LogP contribution in [-0.4, -0.2) is 16.8 Å². The smallest absolute Gasteiger partial charge is 0.119 e. The predicted octanol–water partition coefficient (Wildman–Crippen LogP) is 9.42. The molecule has 0 radical (unpaired) electrons. The highest BCUT2D eigenvalue weighted by molar-refractivity contribution is 5.73. The van der Waals surface area contributed by atoms with Crippen LogP contribution in [0.3, 0.4) is 0 Å². The van der Waals surface area contributed by atoms with E-state index in [-0.39, 0.29) is 13.2 Å². The number of benzene rings is 4. The molecule has 0 aromatic heterocycles. The van der Waals surface area contributed by atoms with E-state index in [9.17, 15) is 10.2 Å². The van der Waals surface area contributed by atoms with Crippen molar-refractivity contribution >= 4 is 0 Å². The summed E-state index contributed by atoms with van der Waals surface area (Å²) in [6, 6.07) is 27.3. The molecular formula is C44H46O3. The maximum Gasteiger partial charge on any atom is 0.119 e. The summed E-state index contributed by atoms with van der Waals surface area (Å²) in [7, 11) is 0. The summed E-state index contributed by atoms with van der Waals surface area (Å²) in [5.74, 6) is 16.4. The molecule has 4 aromatic rings. The van der Waals surface area contributed by atoms with Gasteiger partial charge in [-0.15, -0.1) is 6.42 Å². The third-order valence-electron chi connectivity index (χ3n) is 8.19. The maximum atomic E-state index is 9.90. The minimum absolute atomic E-state index is 0.166. The number of rotatable bonds is 15. The van der Waals surface area contributed by atoms with E-state index in [1.165, 1.54) is 57.8 Å². The zero-order valence-electron chi connectivity index (χ0n) is 27.7. The molecule has 2 N–H and O–H groups in total. The monoisotopic (exact) mass is 622 g/mol. The van der Waals surface area contributed by atoms with E-state index in [0.717, 1.165) is 52.2 Å². The van der Waals surface area contributed by atoms with Crippen LogP contribution in [0.4, 0.5) is 0 Å². The number of hydrogen-bond donors (Lipinski definition) is 2. The lowest BCUT2D eigenvalue weighted by molar-refractivity contribution is 0.276. The molecule has 0 aliphatic heterocycles. The van der Waals surface area contributed by atoms with Gasteiger partial charge < -0.3 is 14.9 Å². The Labute approximate surface area is 282 Å². The maximum absolute atomic E-state index is 9.90. The molecule has 0 amide bonds. The van der Waals surface area contributed by atoms with E-state index in [0.29, 0.717) is 16.7 Å². The largest absolute Gasteiger partial charge is 0.494 e. The average molecular weight is 623 g/mol. The van der Waals surface area contributed by atoms with Crippen LogP contribution in [0.25, 0.3) is 11.1 Å². The number of aliphatic hydroxyl groups excluding tert-OH is 2. The van der Waals surface area contributed by atoms with Crippen molar-refractivity contribution in [2.75, 3.05) is 6.61 Å². The molecule has 0 spiro atoms. The Morgan fingerprint density at radius 1 is 0.532 bits per heavy atom. The van der Waals surface area contributed by atoms with Crippen LogP contribution in [0.15, 0.2) is 84.9 Å². The molecule has 4 rings (SSSR count). The Kier molecular flexibility index (Phi) is 14.7. The standard InChI is InChI=1S/C44H46O3/c1-3-5-6-7-8-9-10-11-12-13-30-47-43-28-24-39(25-29-43)21-19-37-16-14-36(15-17-37)18-20-38-22-26-40(27-23-38)44-41(33-45)31-35(4-2)32-42(44)34-46/h2,14-17,22-29,31-32,45-46H,3,5-13,30,33-34H2,1H3. The number of unbranched alkanes of at least 4 members (excludes halogenated alkanes) is 9. The van der Waals surface area contributed by atoms with Gasteiger partial charge in [-0.05, 0) is 101 Å². The first-order valence-electron chi connectivity index (χ1n) is 16.9. The lowest BCUT2D eigenvalue weighted by Gasteiger charge is -2.14. The first kappa shape index (κ1) is 35.1. The van der Waals surface area contributed by atoms with Crippen molar-refractivity contribution in [1.82, 2.24) is 0 Å². The highest BCUT2D eigenvalue weighted by Gasteiger charge is 2.12. The van der Waals surface area contributed by atoms with Crippen LogP contribution in [0.2, 0.25) is 0 Å². The Balaban J connectivity index is 1.23. The molecule has 0 fully saturated rings. The van der Waals surface area contributed by atoms with Crippen LogP contribution in [0, 0.1) is 36.0 Å². The quantitative estimate of drug-likeness (QED) is 0.103. The summed E-state index contributed by atoms with van der Waals surface area (Å²) < 4.78 is 5.93. The van der Waals surface area contributed by atoms with Gasteiger partial charge in [0.25, 0.3) is 0 Å². The summed E-state index contributed by atoms with van der Waals surface area (Å²) in [6.07, 6.45) is 18.8. The molecule has 4 aromatic carbocycles. The van der Waals surface area contributed by atoms with Gasteiger partial charge in [-0.25, -0.2) is 0 Å². The van der Waals surface area contributed by atoms with Gasteiger partial charge in [0.15, 0.2) is 0 Å². The zero-order valence-corrected chi connectivity index (χ0v) is 27.7. The van der Waals surface area contributed by atoms with Crippen molar-refractivity contribution in [3.05, 3.63) is 124 Å². The second kappa shape index (κ2) is 19.7. The van der Waals surface area contributed by atoms with Crippen molar-refractivity contribution in [3.8, 4) is 52.9 Å². The molecule has 0 bridgehead atoms. The summed E-state index contributed by atoms with van der Waals surface area (Å²) in [5.41, 5.74) is 7.35. The van der Waals surface area contributed by atoms with Gasteiger partial charge in [-0.1, -0.05) is 106 Å². The number of hydrogen-bond acceptors (Lipinski definition) is 3. The molecule has 3 nitrogen and oxygen atoms in total. The molecule has 0 atom stereocenters. The van der Waals surface area contributed by atoms with Gasteiger partial charge in [-0.3, -0.25) is 0 Å². The van der Waals surface area contributed by atoms with Crippen molar-refractivity contribution < 1.29 is 14.9 Å². The second-order valence-electron chi connectivity index (χ2n) is 11.8. The molecule has 0 saturated heterocycles. The fourth-order valence-electron chi connectivity index (χ4n) is 5.53. The van der Waals surface area contributed by atoms with E-state index in [4.69, 9.17) is 11.2 Å². The summed E-state index contributed by atoms with van der Waals surface area (Å²) >= 11 is 0. The van der Waals surface area contributed by atoms with E-state index in [2.05, 4.69) is 36.5 Å². The van der Waals surface area contributed by atoms with Crippen molar-refractivity contribution in [1.29, 1.82) is 0 Å². The van der Waals surface area contributed by atoms with Crippen LogP contribution < -0.4 is 4.74 Å². The molecule has 240 valence electrons. The fraction of sp³-hybridized carbons (Fsp3) is 0.318. The molecule has 3 heteroatoms. The number of terminal acetylenes is 1. The van der Waals surface area contributed by atoms with Gasteiger partial charge in [0.2, 0.25) is 0 Å². The summed E-state index contributed by atoms with van der Waals surface area (Å²) in [4.78, 5) is 0. The van der Waals surface area contributed by atoms with Crippen molar-refractivity contribution in [2.24, 2.45) is 0 Å². The van der Waals surface area contributed by atoms with Crippen molar-refractivity contribution in [2.45, 2.75) is 84.3 Å². The number of aliphatic hydroxyl groups is 2. The number of ether oxygens (including phenoxy) is 1. The molecular weight excluding hydrogens is 576 g/mol. The normalized spacial score (nSPS) is 10.3. The van der Waals surface area contributed by atoms with Gasteiger partial charge in [0, 0.05) is 27.8 Å². The molecule has 0 unspecified atom stereocenters. The van der Waals surface area contributed by atoms with Gasteiger partial charge >= 0.3 is 0 Å². The van der Waals surface area contributed by atoms with Gasteiger partial charge in [0.1, 0.15) is 5.75 Å². The summed E-state index contributed by atoms with van der Waals surface area (Å²) in [5, 5.41) is 19.8. The second-order valence-corrected chi connectivity index (χ2v) is 11.8. The van der Waals surface area contributed by atoms with Gasteiger partial charge in [-0.2, -0.15) is 0 Å². The lowest BCUT2D eigenvalue weighted by atomic mass is 9.92. The lowest BCUT2D eigenvalue weighted by Crippen LogP contribution is -1.98. The van der Waals surface area contributed by atoms with Crippen molar-refractivity contribution in [3.63, 3.8) is 0 Å². The zero-order chi connectivity index (χ0) is 33.1. The van der Waals surface area contributed by atoms with Crippen LogP contribution in [0.5, 0.6) is 5.75 Å². The van der Waals surface area contributed by atoms with Crippen LogP contribution in [0.1, 0.15) is 110 Å². The Morgan fingerprint density at radius 2 is 0.936 bits per heavy atom. The van der Waals surface area contributed by atoms with E-state index in [1.807, 2.05) is 72.8 Å². The third-order valence-corrected chi connectivity index (χ3v) is 8.19. The Morgan fingerprint density at radius 3 is 1.36 bits per heavy atom. The fourth-order valence-corrected chi connectivity index (χ4v) is 5.53. The first-order chi connectivity index (χ1) is 23.1. The SMILES string of the molecule is C#Cc1cc(CO)c(-c2ccc(C#Cc3ccc(C#Cc4ccc(OCCCCCCCCCCCC)cc4)cc3)cc2)c(CO)c1. The topological polar surface area (TPSA) is 49.7 Å².